The molecule has 1 aliphatic carbocycles. The van der Waals surface area contributed by atoms with Crippen LogP contribution in [0.15, 0.2) is 41.3 Å². The van der Waals surface area contributed by atoms with E-state index < -0.39 is 0 Å². The summed E-state index contributed by atoms with van der Waals surface area (Å²) in [6.07, 6.45) is 7.14. The Morgan fingerprint density at radius 3 is 2.42 bits per heavy atom. The first-order chi connectivity index (χ1) is 12.5. The number of thioether (sulfide) groups is 1. The van der Waals surface area contributed by atoms with E-state index in [0.29, 0.717) is 12.8 Å². The smallest absolute Gasteiger partial charge is 0.238 e. The van der Waals surface area contributed by atoms with Crippen molar-refractivity contribution >= 4 is 35.2 Å². The van der Waals surface area contributed by atoms with Crippen LogP contribution < -0.4 is 5.32 Å². The third kappa shape index (κ3) is 3.83. The molecular formula is C19H23N3O3S. The number of nitrogens with zero attached hydrogens (tertiary/aromatic N) is 2. The number of anilines is 1. The highest BCUT2D eigenvalue weighted by Crippen LogP contribution is 2.35. The molecule has 0 saturated carbocycles. The van der Waals surface area contributed by atoms with Crippen molar-refractivity contribution < 1.29 is 14.4 Å². The highest BCUT2D eigenvalue weighted by molar-refractivity contribution is 7.98. The van der Waals surface area contributed by atoms with E-state index in [1.54, 1.807) is 23.7 Å². The average molecular weight is 373 g/mol. The Morgan fingerprint density at radius 1 is 1.19 bits per heavy atom. The van der Waals surface area contributed by atoms with Crippen LogP contribution in [0.3, 0.4) is 0 Å². The first-order valence-corrected chi connectivity index (χ1v) is 9.85. The molecule has 1 aliphatic heterocycles. The summed E-state index contributed by atoms with van der Waals surface area (Å²) in [5.74, 6) is -0.882. The number of fused-ring (bicyclic) bond motifs is 1. The monoisotopic (exact) mass is 373 g/mol. The largest absolute Gasteiger partial charge is 0.324 e. The number of rotatable bonds is 6. The molecule has 26 heavy (non-hydrogen) atoms. The maximum atomic E-state index is 12.5. The fraction of sp³-hybridized carbons (Fsp3) is 0.421. The molecule has 2 unspecified atom stereocenters. The van der Waals surface area contributed by atoms with E-state index in [1.165, 1.54) is 4.90 Å². The van der Waals surface area contributed by atoms with Crippen molar-refractivity contribution in [1.29, 1.82) is 0 Å². The molecule has 7 heteroatoms. The Morgan fingerprint density at radius 2 is 1.81 bits per heavy atom. The second kappa shape index (κ2) is 8.05. The van der Waals surface area contributed by atoms with Gasteiger partial charge in [-0.2, -0.15) is 0 Å². The van der Waals surface area contributed by atoms with Crippen LogP contribution in [-0.2, 0) is 14.4 Å². The minimum Gasteiger partial charge on any atom is -0.324 e. The summed E-state index contributed by atoms with van der Waals surface area (Å²) >= 11 is 1.56. The van der Waals surface area contributed by atoms with Crippen LogP contribution in [-0.4, -0.2) is 54.0 Å². The molecule has 0 radical (unpaired) electrons. The zero-order chi connectivity index (χ0) is 18.7. The van der Waals surface area contributed by atoms with Crippen LogP contribution >= 0.6 is 11.8 Å². The van der Waals surface area contributed by atoms with Crippen molar-refractivity contribution in [3.8, 4) is 0 Å². The molecule has 138 valence electrons. The molecule has 1 fully saturated rings. The van der Waals surface area contributed by atoms with Gasteiger partial charge < -0.3 is 5.32 Å². The zero-order valence-electron chi connectivity index (χ0n) is 15.0. The van der Waals surface area contributed by atoms with Crippen molar-refractivity contribution in [2.45, 2.75) is 17.7 Å². The summed E-state index contributed by atoms with van der Waals surface area (Å²) in [7, 11) is 1.74. The highest BCUT2D eigenvalue weighted by atomic mass is 32.2. The Bertz CT molecular complexity index is 723. The number of allylic oxidation sites excluding steroid dienone is 2. The number of imide groups is 1. The van der Waals surface area contributed by atoms with E-state index in [0.717, 1.165) is 10.6 Å². The molecule has 2 atom stereocenters. The van der Waals surface area contributed by atoms with Crippen LogP contribution in [0.4, 0.5) is 5.69 Å². The molecule has 3 rings (SSSR count). The lowest BCUT2D eigenvalue weighted by Crippen LogP contribution is -2.43. The molecule has 1 heterocycles. The Hall–Kier alpha value is -2.12. The molecule has 3 amide bonds. The maximum Gasteiger partial charge on any atom is 0.238 e. The first kappa shape index (κ1) is 18.7. The van der Waals surface area contributed by atoms with Gasteiger partial charge in [0.05, 0.1) is 30.7 Å². The van der Waals surface area contributed by atoms with Crippen molar-refractivity contribution in [3.63, 3.8) is 0 Å². The normalized spacial score (nSPS) is 22.0. The van der Waals surface area contributed by atoms with Crippen LogP contribution in [0.5, 0.6) is 0 Å². The molecular weight excluding hydrogens is 350 g/mol. The number of benzene rings is 1. The molecule has 2 aliphatic rings. The maximum absolute atomic E-state index is 12.5. The summed E-state index contributed by atoms with van der Waals surface area (Å²) in [6.45, 7) is 0.246. The van der Waals surface area contributed by atoms with Gasteiger partial charge in [0.15, 0.2) is 0 Å². The van der Waals surface area contributed by atoms with Crippen molar-refractivity contribution in [2.24, 2.45) is 11.8 Å². The van der Waals surface area contributed by atoms with Gasteiger partial charge in [-0.15, -0.1) is 11.8 Å². The summed E-state index contributed by atoms with van der Waals surface area (Å²) in [5, 5.41) is 2.89. The number of amides is 3. The minimum absolute atomic E-state index is 0.105. The molecule has 0 aromatic heterocycles. The van der Waals surface area contributed by atoms with Gasteiger partial charge in [0.2, 0.25) is 17.7 Å². The van der Waals surface area contributed by atoms with Crippen LogP contribution in [0.25, 0.3) is 0 Å². The number of carbonyl (C=O) groups is 3. The van der Waals surface area contributed by atoms with Gasteiger partial charge in [-0.05, 0) is 38.3 Å². The third-order valence-electron chi connectivity index (χ3n) is 4.78. The van der Waals surface area contributed by atoms with Gasteiger partial charge in [0.1, 0.15) is 0 Å². The van der Waals surface area contributed by atoms with Gasteiger partial charge in [0, 0.05) is 4.90 Å². The Kier molecular flexibility index (Phi) is 5.78. The van der Waals surface area contributed by atoms with Gasteiger partial charge in [-0.3, -0.25) is 24.2 Å². The number of carbonyl (C=O) groups excluding carboxylic acids is 3. The molecule has 0 spiro atoms. The van der Waals surface area contributed by atoms with Crippen LogP contribution in [0, 0.1) is 11.8 Å². The number of nitrogens with one attached hydrogen (secondary N) is 1. The van der Waals surface area contributed by atoms with E-state index in [4.69, 9.17) is 0 Å². The quantitative estimate of drug-likeness (QED) is 0.470. The van der Waals surface area contributed by atoms with E-state index in [2.05, 4.69) is 5.32 Å². The second-order valence-electron chi connectivity index (χ2n) is 6.66. The number of likely N-dealkylation sites (N-methyl/N-ethyl adjacent to an activating group) is 1. The van der Waals surface area contributed by atoms with Crippen LogP contribution in [0.2, 0.25) is 0 Å². The first-order valence-electron chi connectivity index (χ1n) is 8.63. The standard InChI is InChI=1S/C19H23N3O3S/c1-21(11-17(23)20-15-9-5-6-10-16(15)26-2)12-22-18(24)13-7-3-4-8-14(13)19(22)25/h3-6,9-10,13-14H,7-8,11-12H2,1-2H3,(H,20,23). The second-order valence-corrected chi connectivity index (χ2v) is 7.51. The number of hydrogen-bond donors (Lipinski definition) is 1. The Labute approximate surface area is 157 Å². The van der Waals surface area contributed by atoms with Gasteiger partial charge in [-0.1, -0.05) is 24.3 Å². The molecule has 0 bridgehead atoms. The summed E-state index contributed by atoms with van der Waals surface area (Å²) in [4.78, 5) is 41.3. The Balaban J connectivity index is 1.57. The summed E-state index contributed by atoms with van der Waals surface area (Å²) in [5.41, 5.74) is 0.767. The van der Waals surface area contributed by atoms with E-state index in [-0.39, 0.29) is 42.8 Å². The zero-order valence-corrected chi connectivity index (χ0v) is 15.8. The number of hydrogen-bond acceptors (Lipinski definition) is 5. The number of para-hydroxylation sites is 1. The van der Waals surface area contributed by atoms with Gasteiger partial charge in [0.25, 0.3) is 0 Å². The lowest BCUT2D eigenvalue weighted by molar-refractivity contribution is -0.142. The lowest BCUT2D eigenvalue weighted by Gasteiger charge is -2.23. The van der Waals surface area contributed by atoms with E-state index >= 15 is 0 Å². The average Bonchev–Trinajstić information content (AvgIpc) is 2.87. The van der Waals surface area contributed by atoms with Crippen molar-refractivity contribution in [1.82, 2.24) is 9.80 Å². The molecule has 1 aromatic rings. The van der Waals surface area contributed by atoms with E-state index in [1.807, 2.05) is 42.7 Å². The minimum atomic E-state index is -0.233. The van der Waals surface area contributed by atoms with Gasteiger partial charge >= 0.3 is 0 Å². The third-order valence-corrected chi connectivity index (χ3v) is 5.57. The SMILES string of the molecule is CSc1ccccc1NC(=O)CN(C)CN1C(=O)C2CC=CCC2C1=O. The predicted molar refractivity (Wildman–Crippen MR) is 102 cm³/mol. The van der Waals surface area contributed by atoms with E-state index in [9.17, 15) is 14.4 Å². The topological polar surface area (TPSA) is 69.7 Å². The van der Waals surface area contributed by atoms with Gasteiger partial charge in [-0.25, -0.2) is 0 Å². The summed E-state index contributed by atoms with van der Waals surface area (Å²) < 4.78 is 0. The predicted octanol–water partition coefficient (Wildman–Crippen LogP) is 2.19. The number of likely N-dealkylation sites (tertiary alicyclic amines) is 1. The van der Waals surface area contributed by atoms with Crippen molar-refractivity contribution in [3.05, 3.63) is 36.4 Å². The fourth-order valence-electron chi connectivity index (χ4n) is 3.48. The molecule has 1 N–H and O–H groups in total. The molecule has 6 nitrogen and oxygen atoms in total. The lowest BCUT2D eigenvalue weighted by atomic mass is 9.85. The van der Waals surface area contributed by atoms with Crippen molar-refractivity contribution in [2.75, 3.05) is 31.8 Å². The molecule has 1 saturated heterocycles. The van der Waals surface area contributed by atoms with Crippen LogP contribution in [0.1, 0.15) is 12.8 Å². The molecule has 1 aromatic carbocycles. The fourth-order valence-corrected chi connectivity index (χ4v) is 4.04. The summed E-state index contributed by atoms with van der Waals surface area (Å²) in [6, 6.07) is 7.60. The highest BCUT2D eigenvalue weighted by Gasteiger charge is 2.47.